The van der Waals surface area contributed by atoms with Gasteiger partial charge in [-0.05, 0) is 30.3 Å². The number of halogens is 2. The Labute approximate surface area is 119 Å². The zero-order valence-corrected chi connectivity index (χ0v) is 10.9. The molecule has 98 valence electrons. The van der Waals surface area contributed by atoms with Gasteiger partial charge in [0.15, 0.2) is 0 Å². The van der Waals surface area contributed by atoms with E-state index in [9.17, 15) is 9.18 Å². The number of hydrogen-bond donors (Lipinski definition) is 0. The van der Waals surface area contributed by atoms with Gasteiger partial charge in [0.1, 0.15) is 11.5 Å². The van der Waals surface area contributed by atoms with Gasteiger partial charge >= 0.3 is 0 Å². The molecule has 0 N–H and O–H groups in total. The Morgan fingerprint density at radius 1 is 1.10 bits per heavy atom. The third kappa shape index (κ3) is 2.26. The van der Waals surface area contributed by atoms with Gasteiger partial charge in [-0.2, -0.15) is 0 Å². The van der Waals surface area contributed by atoms with Crippen LogP contribution in [0.25, 0.3) is 11.0 Å². The lowest BCUT2D eigenvalue weighted by Crippen LogP contribution is -2.07. The SMILES string of the molecule is O=C(c1cnc2ccccc2n1)c1ccc(Cl)cc1F. The molecule has 0 atom stereocenters. The van der Waals surface area contributed by atoms with Crippen LogP contribution in [0.5, 0.6) is 0 Å². The molecule has 0 saturated carbocycles. The van der Waals surface area contributed by atoms with Gasteiger partial charge < -0.3 is 0 Å². The lowest BCUT2D eigenvalue weighted by Gasteiger charge is -2.03. The van der Waals surface area contributed by atoms with Gasteiger partial charge in [0, 0.05) is 5.02 Å². The summed E-state index contributed by atoms with van der Waals surface area (Å²) in [5.41, 5.74) is 1.30. The Hall–Kier alpha value is -2.33. The number of aromatic nitrogens is 2. The van der Waals surface area contributed by atoms with Crippen molar-refractivity contribution in [3.63, 3.8) is 0 Å². The summed E-state index contributed by atoms with van der Waals surface area (Å²) in [6.45, 7) is 0. The Morgan fingerprint density at radius 2 is 1.85 bits per heavy atom. The van der Waals surface area contributed by atoms with Gasteiger partial charge in [-0.15, -0.1) is 0 Å². The fraction of sp³-hybridized carbons (Fsp3) is 0. The summed E-state index contributed by atoms with van der Waals surface area (Å²) in [6.07, 6.45) is 1.35. The van der Waals surface area contributed by atoms with E-state index in [1.165, 1.54) is 18.3 Å². The van der Waals surface area contributed by atoms with Crippen LogP contribution in [0.3, 0.4) is 0 Å². The standard InChI is InChI=1S/C15H8ClFN2O/c16-9-5-6-10(11(17)7-9)15(20)14-8-18-12-3-1-2-4-13(12)19-14/h1-8H. The summed E-state index contributed by atoms with van der Waals surface area (Å²) >= 11 is 5.67. The number of carbonyl (C=O) groups excluding carboxylic acids is 1. The van der Waals surface area contributed by atoms with E-state index in [-0.39, 0.29) is 16.3 Å². The Bertz CT molecular complexity index is 820. The van der Waals surface area contributed by atoms with Crippen LogP contribution in [0, 0.1) is 5.82 Å². The van der Waals surface area contributed by atoms with Gasteiger partial charge in [0.2, 0.25) is 5.78 Å². The highest BCUT2D eigenvalue weighted by atomic mass is 35.5. The minimum atomic E-state index is -0.669. The second-order valence-corrected chi connectivity index (χ2v) is 4.63. The predicted octanol–water partition coefficient (Wildman–Crippen LogP) is 3.65. The van der Waals surface area contributed by atoms with Gasteiger partial charge in [-0.25, -0.2) is 9.37 Å². The first kappa shape index (κ1) is 12.7. The Morgan fingerprint density at radius 3 is 2.60 bits per heavy atom. The van der Waals surface area contributed by atoms with Crippen molar-refractivity contribution in [2.75, 3.05) is 0 Å². The lowest BCUT2D eigenvalue weighted by atomic mass is 10.1. The van der Waals surface area contributed by atoms with Crippen molar-refractivity contribution in [3.8, 4) is 0 Å². The van der Waals surface area contributed by atoms with E-state index >= 15 is 0 Å². The highest BCUT2D eigenvalue weighted by Crippen LogP contribution is 2.18. The first-order valence-electron chi connectivity index (χ1n) is 5.87. The molecule has 5 heteroatoms. The van der Waals surface area contributed by atoms with Crippen molar-refractivity contribution in [2.24, 2.45) is 0 Å². The van der Waals surface area contributed by atoms with Gasteiger partial charge in [-0.3, -0.25) is 9.78 Å². The van der Waals surface area contributed by atoms with Crippen molar-refractivity contribution >= 4 is 28.4 Å². The molecule has 0 radical (unpaired) electrons. The molecule has 1 heterocycles. The minimum Gasteiger partial charge on any atom is -0.287 e. The first-order chi connectivity index (χ1) is 9.65. The first-order valence-corrected chi connectivity index (χ1v) is 6.24. The summed E-state index contributed by atoms with van der Waals surface area (Å²) < 4.78 is 13.7. The number of para-hydroxylation sites is 2. The summed E-state index contributed by atoms with van der Waals surface area (Å²) in [7, 11) is 0. The summed E-state index contributed by atoms with van der Waals surface area (Å²) in [5, 5.41) is 0.239. The molecule has 0 aliphatic rings. The Kier molecular flexibility index (Phi) is 3.16. The van der Waals surface area contributed by atoms with Crippen LogP contribution in [0.1, 0.15) is 16.1 Å². The van der Waals surface area contributed by atoms with Crippen LogP contribution in [0.4, 0.5) is 4.39 Å². The maximum Gasteiger partial charge on any atom is 0.215 e. The van der Waals surface area contributed by atoms with Crippen LogP contribution >= 0.6 is 11.6 Å². The molecule has 3 aromatic rings. The number of hydrogen-bond acceptors (Lipinski definition) is 3. The average molecular weight is 287 g/mol. The van der Waals surface area contributed by atoms with Crippen LogP contribution in [0.2, 0.25) is 5.02 Å². The number of ketones is 1. The van der Waals surface area contributed by atoms with E-state index in [0.717, 1.165) is 6.07 Å². The molecule has 3 nitrogen and oxygen atoms in total. The van der Waals surface area contributed by atoms with Crippen molar-refractivity contribution in [1.82, 2.24) is 9.97 Å². The molecular weight excluding hydrogens is 279 g/mol. The largest absolute Gasteiger partial charge is 0.287 e. The van der Waals surface area contributed by atoms with Crippen LogP contribution < -0.4 is 0 Å². The van der Waals surface area contributed by atoms with E-state index in [4.69, 9.17) is 11.6 Å². The van der Waals surface area contributed by atoms with Gasteiger partial charge in [0.05, 0.1) is 22.8 Å². The molecular formula is C15H8ClFN2O. The van der Waals surface area contributed by atoms with Crippen LogP contribution in [0.15, 0.2) is 48.7 Å². The smallest absolute Gasteiger partial charge is 0.215 e. The molecule has 20 heavy (non-hydrogen) atoms. The maximum absolute atomic E-state index is 13.7. The zero-order chi connectivity index (χ0) is 14.1. The van der Waals surface area contributed by atoms with Crippen molar-refractivity contribution in [1.29, 1.82) is 0 Å². The van der Waals surface area contributed by atoms with E-state index in [1.54, 1.807) is 18.2 Å². The number of fused-ring (bicyclic) bond motifs is 1. The molecule has 2 aromatic carbocycles. The van der Waals surface area contributed by atoms with E-state index in [0.29, 0.717) is 11.0 Å². The zero-order valence-electron chi connectivity index (χ0n) is 10.2. The molecule has 0 unspecified atom stereocenters. The molecule has 0 amide bonds. The molecule has 1 aromatic heterocycles. The van der Waals surface area contributed by atoms with E-state index < -0.39 is 11.6 Å². The van der Waals surface area contributed by atoms with Gasteiger partial charge in [-0.1, -0.05) is 23.7 Å². The second-order valence-electron chi connectivity index (χ2n) is 4.20. The van der Waals surface area contributed by atoms with E-state index in [2.05, 4.69) is 9.97 Å². The topological polar surface area (TPSA) is 42.9 Å². The molecule has 0 aliphatic heterocycles. The molecule has 3 rings (SSSR count). The monoisotopic (exact) mass is 286 g/mol. The molecule has 0 aliphatic carbocycles. The maximum atomic E-state index is 13.7. The van der Waals surface area contributed by atoms with Crippen LogP contribution in [-0.4, -0.2) is 15.8 Å². The number of rotatable bonds is 2. The van der Waals surface area contributed by atoms with Crippen LogP contribution in [-0.2, 0) is 0 Å². The van der Waals surface area contributed by atoms with E-state index in [1.807, 2.05) is 6.07 Å². The normalized spacial score (nSPS) is 10.7. The lowest BCUT2D eigenvalue weighted by molar-refractivity contribution is 0.103. The van der Waals surface area contributed by atoms with Crippen molar-refractivity contribution in [2.45, 2.75) is 0 Å². The highest BCUT2D eigenvalue weighted by molar-refractivity contribution is 6.30. The highest BCUT2D eigenvalue weighted by Gasteiger charge is 2.16. The predicted molar refractivity (Wildman–Crippen MR) is 74.4 cm³/mol. The van der Waals surface area contributed by atoms with Gasteiger partial charge in [0.25, 0.3) is 0 Å². The average Bonchev–Trinajstić information content (AvgIpc) is 2.46. The number of benzene rings is 2. The fourth-order valence-corrected chi connectivity index (χ4v) is 2.04. The minimum absolute atomic E-state index is 0.0704. The fourth-order valence-electron chi connectivity index (χ4n) is 1.88. The summed E-state index contributed by atoms with van der Waals surface area (Å²) in [5.74, 6) is -1.19. The third-order valence-electron chi connectivity index (χ3n) is 2.86. The second kappa shape index (κ2) is 4.98. The van der Waals surface area contributed by atoms with Crippen molar-refractivity contribution in [3.05, 3.63) is 70.8 Å². The molecule has 0 bridgehead atoms. The number of carbonyl (C=O) groups is 1. The molecule has 0 spiro atoms. The summed E-state index contributed by atoms with van der Waals surface area (Å²) in [4.78, 5) is 20.6. The Balaban J connectivity index is 2.08. The molecule has 0 saturated heterocycles. The summed E-state index contributed by atoms with van der Waals surface area (Å²) in [6, 6.07) is 11.1. The van der Waals surface area contributed by atoms with Crippen molar-refractivity contribution < 1.29 is 9.18 Å². The molecule has 0 fully saturated rings. The number of nitrogens with zero attached hydrogens (tertiary/aromatic N) is 2. The quantitative estimate of drug-likeness (QED) is 0.675. The third-order valence-corrected chi connectivity index (χ3v) is 3.09.